The van der Waals surface area contributed by atoms with Crippen LogP contribution in [0.5, 0.6) is 0 Å². The van der Waals surface area contributed by atoms with Crippen LogP contribution in [0.2, 0.25) is 0 Å². The molecular formula is C15H24N2O4S. The molecule has 0 unspecified atom stereocenters. The highest BCUT2D eigenvalue weighted by molar-refractivity contribution is 7.90. The molecule has 1 aromatic heterocycles. The minimum atomic E-state index is -3.12. The third kappa shape index (κ3) is 4.03. The summed E-state index contributed by atoms with van der Waals surface area (Å²) in [5, 5.41) is 3.01. The first-order valence-electron chi connectivity index (χ1n) is 7.63. The number of aryl methyl sites for hydroxylation is 1. The Bertz CT molecular complexity index is 623. The van der Waals surface area contributed by atoms with Gasteiger partial charge in [0.1, 0.15) is 15.6 Å². The van der Waals surface area contributed by atoms with Crippen LogP contribution in [-0.4, -0.2) is 43.9 Å². The highest BCUT2D eigenvalue weighted by Crippen LogP contribution is 2.30. The summed E-state index contributed by atoms with van der Waals surface area (Å²) in [5.74, 6) is 0.902. The summed E-state index contributed by atoms with van der Waals surface area (Å²) in [6, 6.07) is 1.26. The molecule has 0 spiro atoms. The zero-order valence-electron chi connectivity index (χ0n) is 13.3. The van der Waals surface area contributed by atoms with Gasteiger partial charge in [0.15, 0.2) is 0 Å². The Morgan fingerprint density at radius 2 is 2.27 bits per heavy atom. The second kappa shape index (κ2) is 6.73. The maximum atomic E-state index is 12.5. The second-order valence-electron chi connectivity index (χ2n) is 5.92. The fourth-order valence-electron chi connectivity index (χ4n) is 3.05. The number of sulfone groups is 1. The van der Waals surface area contributed by atoms with Crippen molar-refractivity contribution in [3.8, 4) is 0 Å². The smallest absolute Gasteiger partial charge is 0.318 e. The highest BCUT2D eigenvalue weighted by atomic mass is 32.2. The number of hydrogen-bond donors (Lipinski definition) is 1. The molecule has 1 aromatic rings. The number of furan rings is 1. The van der Waals surface area contributed by atoms with Crippen LogP contribution in [0.25, 0.3) is 0 Å². The van der Waals surface area contributed by atoms with E-state index in [0.29, 0.717) is 6.54 Å². The molecular weight excluding hydrogens is 304 g/mol. The molecule has 0 bridgehead atoms. The van der Waals surface area contributed by atoms with Gasteiger partial charge in [-0.1, -0.05) is 0 Å². The average Bonchev–Trinajstić information content (AvgIpc) is 2.86. The third-order valence-corrected chi connectivity index (χ3v) is 5.12. The van der Waals surface area contributed by atoms with Gasteiger partial charge < -0.3 is 14.6 Å². The molecule has 0 saturated heterocycles. The van der Waals surface area contributed by atoms with Gasteiger partial charge in [-0.2, -0.15) is 0 Å². The van der Waals surface area contributed by atoms with E-state index in [9.17, 15) is 13.2 Å². The standard InChI is InChI=1S/C15H24N2O4S/c1-4-17(11(2)10-22(3,19)20)15(18)16-13-6-5-7-14-12(13)8-9-21-14/h8-9,11,13H,4-7,10H2,1-3H3,(H,16,18)/t11-,13+/m0/s1. The van der Waals surface area contributed by atoms with E-state index in [0.717, 1.165) is 30.6 Å². The lowest BCUT2D eigenvalue weighted by atomic mass is 9.93. The largest absolute Gasteiger partial charge is 0.469 e. The summed E-state index contributed by atoms with van der Waals surface area (Å²) < 4.78 is 28.3. The van der Waals surface area contributed by atoms with E-state index in [-0.39, 0.29) is 23.9 Å². The van der Waals surface area contributed by atoms with Crippen molar-refractivity contribution >= 4 is 15.9 Å². The lowest BCUT2D eigenvalue weighted by Gasteiger charge is -2.31. The van der Waals surface area contributed by atoms with Gasteiger partial charge in [0.05, 0.1) is 18.1 Å². The van der Waals surface area contributed by atoms with E-state index in [1.54, 1.807) is 18.1 Å². The Morgan fingerprint density at radius 3 is 2.91 bits per heavy atom. The zero-order valence-corrected chi connectivity index (χ0v) is 14.1. The number of nitrogens with one attached hydrogen (secondary N) is 1. The maximum Gasteiger partial charge on any atom is 0.318 e. The van der Waals surface area contributed by atoms with Gasteiger partial charge in [0.2, 0.25) is 0 Å². The Labute approximate surface area is 131 Å². The molecule has 6 nitrogen and oxygen atoms in total. The van der Waals surface area contributed by atoms with Crippen LogP contribution in [0.3, 0.4) is 0 Å². The second-order valence-corrected chi connectivity index (χ2v) is 8.11. The molecule has 1 N–H and O–H groups in total. The number of nitrogens with zero attached hydrogens (tertiary/aromatic N) is 1. The van der Waals surface area contributed by atoms with Crippen LogP contribution >= 0.6 is 0 Å². The van der Waals surface area contributed by atoms with Crippen molar-refractivity contribution in [1.82, 2.24) is 10.2 Å². The van der Waals surface area contributed by atoms with Crippen molar-refractivity contribution in [3.63, 3.8) is 0 Å². The van der Waals surface area contributed by atoms with E-state index in [1.807, 2.05) is 13.0 Å². The van der Waals surface area contributed by atoms with E-state index in [2.05, 4.69) is 5.32 Å². The third-order valence-electron chi connectivity index (χ3n) is 4.03. The molecule has 1 aliphatic rings. The van der Waals surface area contributed by atoms with Crippen LogP contribution in [0.15, 0.2) is 16.7 Å². The molecule has 0 aromatic carbocycles. The van der Waals surface area contributed by atoms with E-state index in [4.69, 9.17) is 4.42 Å². The fourth-order valence-corrected chi connectivity index (χ4v) is 4.11. The number of carbonyl (C=O) groups is 1. The molecule has 1 heterocycles. The summed E-state index contributed by atoms with van der Waals surface area (Å²) in [4.78, 5) is 14.1. The number of carbonyl (C=O) groups excluding carboxylic acids is 1. The molecule has 0 radical (unpaired) electrons. The van der Waals surface area contributed by atoms with Gasteiger partial charge in [-0.3, -0.25) is 0 Å². The molecule has 0 aliphatic heterocycles. The summed E-state index contributed by atoms with van der Waals surface area (Å²) in [6.45, 7) is 4.07. The van der Waals surface area contributed by atoms with Crippen molar-refractivity contribution < 1.29 is 17.6 Å². The van der Waals surface area contributed by atoms with E-state index < -0.39 is 9.84 Å². The van der Waals surface area contributed by atoms with Crippen molar-refractivity contribution in [1.29, 1.82) is 0 Å². The normalized spacial score (nSPS) is 19.3. The number of fused-ring (bicyclic) bond motifs is 1. The summed E-state index contributed by atoms with van der Waals surface area (Å²) in [6.07, 6.45) is 5.58. The minimum Gasteiger partial charge on any atom is -0.469 e. The van der Waals surface area contributed by atoms with E-state index in [1.165, 1.54) is 6.26 Å². The first kappa shape index (κ1) is 16.9. The molecule has 2 atom stereocenters. The average molecular weight is 328 g/mol. The van der Waals surface area contributed by atoms with Crippen LogP contribution in [0, 0.1) is 0 Å². The van der Waals surface area contributed by atoms with Crippen molar-refractivity contribution in [2.75, 3.05) is 18.6 Å². The fraction of sp³-hybridized carbons (Fsp3) is 0.667. The number of amides is 2. The SMILES string of the molecule is CCN(C(=O)N[C@@H]1CCCc2occc21)[C@@H](C)CS(C)(=O)=O. The number of hydrogen-bond acceptors (Lipinski definition) is 4. The zero-order chi connectivity index (χ0) is 16.3. The Hall–Kier alpha value is -1.50. The first-order chi connectivity index (χ1) is 10.3. The lowest BCUT2D eigenvalue weighted by Crippen LogP contribution is -2.48. The number of rotatable bonds is 5. The van der Waals surface area contributed by atoms with Gasteiger partial charge in [-0.15, -0.1) is 0 Å². The van der Waals surface area contributed by atoms with Crippen molar-refractivity contribution in [3.05, 3.63) is 23.7 Å². The van der Waals surface area contributed by atoms with Crippen LogP contribution in [-0.2, 0) is 16.3 Å². The van der Waals surface area contributed by atoms with E-state index >= 15 is 0 Å². The quantitative estimate of drug-likeness (QED) is 0.898. The highest BCUT2D eigenvalue weighted by Gasteiger charge is 2.28. The maximum absolute atomic E-state index is 12.5. The Morgan fingerprint density at radius 1 is 1.55 bits per heavy atom. The van der Waals surface area contributed by atoms with Crippen LogP contribution in [0.4, 0.5) is 4.79 Å². The minimum absolute atomic E-state index is 0.0319. The van der Waals surface area contributed by atoms with Crippen LogP contribution < -0.4 is 5.32 Å². The number of urea groups is 1. The van der Waals surface area contributed by atoms with Gasteiger partial charge in [-0.05, 0) is 32.8 Å². The predicted octanol–water partition coefficient (Wildman–Crippen LogP) is 2.12. The molecule has 22 heavy (non-hydrogen) atoms. The Kier molecular flexibility index (Phi) is 5.16. The molecule has 2 rings (SSSR count). The molecule has 7 heteroatoms. The first-order valence-corrected chi connectivity index (χ1v) is 9.69. The van der Waals surface area contributed by atoms with Gasteiger partial charge in [0, 0.05) is 30.8 Å². The summed E-state index contributed by atoms with van der Waals surface area (Å²) >= 11 is 0. The molecule has 124 valence electrons. The van der Waals surface area contributed by atoms with Gasteiger partial charge >= 0.3 is 6.03 Å². The molecule has 2 amide bonds. The van der Waals surface area contributed by atoms with Crippen LogP contribution in [0.1, 0.15) is 44.1 Å². The van der Waals surface area contributed by atoms with Crippen molar-refractivity contribution in [2.24, 2.45) is 0 Å². The van der Waals surface area contributed by atoms with Crippen molar-refractivity contribution in [2.45, 2.75) is 45.2 Å². The lowest BCUT2D eigenvalue weighted by molar-refractivity contribution is 0.182. The molecule has 1 aliphatic carbocycles. The topological polar surface area (TPSA) is 79.6 Å². The molecule has 0 fully saturated rings. The Balaban J connectivity index is 2.05. The van der Waals surface area contributed by atoms with Gasteiger partial charge in [0.25, 0.3) is 0 Å². The predicted molar refractivity (Wildman–Crippen MR) is 84.5 cm³/mol. The van der Waals surface area contributed by atoms with Gasteiger partial charge in [-0.25, -0.2) is 13.2 Å². The summed E-state index contributed by atoms with van der Waals surface area (Å²) in [5.41, 5.74) is 1.03. The molecule has 0 saturated carbocycles. The summed E-state index contributed by atoms with van der Waals surface area (Å²) in [7, 11) is -3.12. The monoisotopic (exact) mass is 328 g/mol.